The molecule has 0 radical (unpaired) electrons. The van der Waals surface area contributed by atoms with Crippen LogP contribution in [0.15, 0.2) is 30.3 Å². The Bertz CT molecular complexity index is 423. The van der Waals surface area contributed by atoms with E-state index in [4.69, 9.17) is 4.74 Å². The van der Waals surface area contributed by atoms with Crippen molar-refractivity contribution in [2.24, 2.45) is 5.41 Å². The summed E-state index contributed by atoms with van der Waals surface area (Å²) >= 11 is 0. The summed E-state index contributed by atoms with van der Waals surface area (Å²) in [6.07, 6.45) is 5.20. The van der Waals surface area contributed by atoms with E-state index in [0.29, 0.717) is 11.5 Å². The van der Waals surface area contributed by atoms with Crippen LogP contribution in [0.4, 0.5) is 0 Å². The minimum atomic E-state index is 0.175. The lowest BCUT2D eigenvalue weighted by molar-refractivity contribution is 0.0540. The van der Waals surface area contributed by atoms with Crippen molar-refractivity contribution < 1.29 is 4.74 Å². The number of rotatable bonds is 6. The molecule has 1 aromatic carbocycles. The predicted octanol–water partition coefficient (Wildman–Crippen LogP) is 4.19. The maximum atomic E-state index is 5.90. The zero-order valence-electron chi connectivity index (χ0n) is 14.1. The molecule has 0 aliphatic carbocycles. The number of hydrogen-bond acceptors (Lipinski definition) is 2. The molecule has 1 N–H and O–H groups in total. The van der Waals surface area contributed by atoms with Gasteiger partial charge in [0.05, 0.1) is 6.10 Å². The molecule has 1 aromatic rings. The van der Waals surface area contributed by atoms with Gasteiger partial charge in [-0.15, -0.1) is 0 Å². The maximum Gasteiger partial charge on any atom is 0.0616 e. The zero-order chi connectivity index (χ0) is 15.3. The van der Waals surface area contributed by atoms with Gasteiger partial charge in [-0.3, -0.25) is 0 Å². The van der Waals surface area contributed by atoms with Gasteiger partial charge in [0.1, 0.15) is 0 Å². The van der Waals surface area contributed by atoms with E-state index in [9.17, 15) is 0 Å². The predicted molar refractivity (Wildman–Crippen MR) is 89.6 cm³/mol. The molecule has 1 saturated heterocycles. The van der Waals surface area contributed by atoms with Gasteiger partial charge in [-0.2, -0.15) is 0 Å². The fourth-order valence-electron chi connectivity index (χ4n) is 3.20. The Morgan fingerprint density at radius 1 is 1.24 bits per heavy atom. The Morgan fingerprint density at radius 3 is 2.52 bits per heavy atom. The van der Waals surface area contributed by atoms with Crippen LogP contribution < -0.4 is 5.32 Å². The van der Waals surface area contributed by atoms with Crippen LogP contribution in [0, 0.1) is 5.41 Å². The summed E-state index contributed by atoms with van der Waals surface area (Å²) in [7, 11) is 0. The molecule has 2 unspecified atom stereocenters. The zero-order valence-corrected chi connectivity index (χ0v) is 14.1. The Morgan fingerprint density at radius 2 is 1.95 bits per heavy atom. The van der Waals surface area contributed by atoms with Crippen LogP contribution in [0.25, 0.3) is 0 Å². The summed E-state index contributed by atoms with van der Waals surface area (Å²) in [6, 6.07) is 10.8. The van der Waals surface area contributed by atoms with Gasteiger partial charge >= 0.3 is 0 Å². The maximum absolute atomic E-state index is 5.90. The normalized spacial score (nSPS) is 26.2. The summed E-state index contributed by atoms with van der Waals surface area (Å²) < 4.78 is 5.90. The Hall–Kier alpha value is -0.860. The second-order valence-electron chi connectivity index (χ2n) is 7.57. The molecule has 1 aliphatic heterocycles. The van der Waals surface area contributed by atoms with Gasteiger partial charge in [0.15, 0.2) is 0 Å². The van der Waals surface area contributed by atoms with Crippen LogP contribution >= 0.6 is 0 Å². The first kappa shape index (κ1) is 16.5. The number of nitrogens with one attached hydrogen (secondary N) is 1. The lowest BCUT2D eigenvalue weighted by atomic mass is 9.76. The monoisotopic (exact) mass is 289 g/mol. The smallest absolute Gasteiger partial charge is 0.0616 e. The fraction of sp³-hybridized carbons (Fsp3) is 0.684. The molecule has 2 rings (SSSR count). The highest BCUT2D eigenvalue weighted by atomic mass is 16.5. The van der Waals surface area contributed by atoms with Gasteiger partial charge in [-0.25, -0.2) is 0 Å². The highest BCUT2D eigenvalue weighted by Crippen LogP contribution is 2.39. The molecule has 0 saturated carbocycles. The van der Waals surface area contributed by atoms with Crippen LogP contribution in [0.3, 0.4) is 0 Å². The summed E-state index contributed by atoms with van der Waals surface area (Å²) in [6.45, 7) is 11.0. The summed E-state index contributed by atoms with van der Waals surface area (Å²) in [5.74, 6) is 0. The first-order chi connectivity index (χ1) is 9.91. The van der Waals surface area contributed by atoms with Crippen molar-refractivity contribution in [3.63, 3.8) is 0 Å². The van der Waals surface area contributed by atoms with Crippen LogP contribution in [0.5, 0.6) is 0 Å². The largest absolute Gasteiger partial charge is 0.378 e. The van der Waals surface area contributed by atoms with Crippen molar-refractivity contribution in [3.05, 3.63) is 35.9 Å². The van der Waals surface area contributed by atoms with E-state index in [0.717, 1.165) is 13.2 Å². The molecule has 1 heterocycles. The third-order valence-electron chi connectivity index (χ3n) is 4.78. The van der Waals surface area contributed by atoms with Gasteiger partial charge in [0.2, 0.25) is 0 Å². The molecular weight excluding hydrogens is 258 g/mol. The molecule has 0 aromatic heterocycles. The van der Waals surface area contributed by atoms with Crippen LogP contribution in [-0.4, -0.2) is 24.8 Å². The molecule has 2 nitrogen and oxygen atoms in total. The molecule has 0 amide bonds. The Labute approximate surface area is 130 Å². The van der Waals surface area contributed by atoms with E-state index in [1.165, 1.54) is 31.2 Å². The lowest BCUT2D eigenvalue weighted by Gasteiger charge is -2.36. The average Bonchev–Trinajstić information content (AvgIpc) is 2.79. The quantitative estimate of drug-likeness (QED) is 0.847. The van der Waals surface area contributed by atoms with Crippen molar-refractivity contribution in [1.29, 1.82) is 0 Å². The van der Waals surface area contributed by atoms with Crippen molar-refractivity contribution in [3.8, 4) is 0 Å². The van der Waals surface area contributed by atoms with E-state index >= 15 is 0 Å². The van der Waals surface area contributed by atoms with Crippen LogP contribution in [-0.2, 0) is 11.2 Å². The van der Waals surface area contributed by atoms with Crippen molar-refractivity contribution in [2.75, 3.05) is 13.2 Å². The van der Waals surface area contributed by atoms with Crippen LogP contribution in [0.1, 0.15) is 52.5 Å². The first-order valence-corrected chi connectivity index (χ1v) is 8.32. The number of ether oxygens (including phenoxy) is 1. The van der Waals surface area contributed by atoms with E-state index in [-0.39, 0.29) is 5.54 Å². The number of benzene rings is 1. The van der Waals surface area contributed by atoms with E-state index in [1.807, 2.05) is 0 Å². The molecular formula is C19H31NO. The van der Waals surface area contributed by atoms with Crippen molar-refractivity contribution >= 4 is 0 Å². The minimum absolute atomic E-state index is 0.175. The highest BCUT2D eigenvalue weighted by molar-refractivity contribution is 5.14. The highest BCUT2D eigenvalue weighted by Gasteiger charge is 2.41. The molecule has 0 bridgehead atoms. The van der Waals surface area contributed by atoms with E-state index in [2.05, 4.69) is 63.3 Å². The summed E-state index contributed by atoms with van der Waals surface area (Å²) in [5.41, 5.74) is 1.93. The van der Waals surface area contributed by atoms with Gasteiger partial charge < -0.3 is 10.1 Å². The van der Waals surface area contributed by atoms with Crippen molar-refractivity contribution in [1.82, 2.24) is 5.32 Å². The molecule has 2 atom stereocenters. The van der Waals surface area contributed by atoms with Crippen LogP contribution in [0.2, 0.25) is 0 Å². The first-order valence-electron chi connectivity index (χ1n) is 8.32. The van der Waals surface area contributed by atoms with Gasteiger partial charge in [-0.05, 0) is 58.9 Å². The van der Waals surface area contributed by atoms with Gasteiger partial charge in [-0.1, -0.05) is 30.3 Å². The van der Waals surface area contributed by atoms with Gasteiger partial charge in [0, 0.05) is 24.1 Å². The molecule has 21 heavy (non-hydrogen) atoms. The topological polar surface area (TPSA) is 21.3 Å². The lowest BCUT2D eigenvalue weighted by Crippen LogP contribution is -2.46. The second-order valence-corrected chi connectivity index (χ2v) is 7.57. The Balaban J connectivity index is 1.91. The fourth-order valence-corrected chi connectivity index (χ4v) is 3.20. The second kappa shape index (κ2) is 6.93. The molecule has 1 aliphatic rings. The molecule has 0 spiro atoms. The van der Waals surface area contributed by atoms with Gasteiger partial charge in [0.25, 0.3) is 0 Å². The summed E-state index contributed by atoms with van der Waals surface area (Å²) in [4.78, 5) is 0. The average molecular weight is 289 g/mol. The van der Waals surface area contributed by atoms with Crippen molar-refractivity contribution in [2.45, 2.75) is 65.0 Å². The standard InChI is InChI=1S/C19H31NO/c1-16-19(13-14-21-16,15-20-18(2,3)4)12-8-11-17-9-6-5-7-10-17/h5-7,9-10,16,20H,8,11-15H2,1-4H3. The molecule has 1 fully saturated rings. The number of hydrogen-bond donors (Lipinski definition) is 1. The van der Waals surface area contributed by atoms with E-state index < -0.39 is 0 Å². The SMILES string of the molecule is CC1OCCC1(CCCc1ccccc1)CNC(C)(C)C. The third kappa shape index (κ3) is 4.82. The minimum Gasteiger partial charge on any atom is -0.378 e. The molecule has 2 heteroatoms. The van der Waals surface area contributed by atoms with E-state index in [1.54, 1.807) is 0 Å². The summed E-state index contributed by atoms with van der Waals surface area (Å²) in [5, 5.41) is 3.70. The Kier molecular flexibility index (Phi) is 5.45. The number of aryl methyl sites for hydroxylation is 1. The molecule has 118 valence electrons. The third-order valence-corrected chi connectivity index (χ3v) is 4.78.